The summed E-state index contributed by atoms with van der Waals surface area (Å²) in [6.07, 6.45) is 2.35. The Morgan fingerprint density at radius 2 is 1.86 bits per heavy atom. The maximum Gasteiger partial charge on any atom is 0.271 e. The van der Waals surface area contributed by atoms with Crippen LogP contribution < -0.4 is 9.62 Å². The smallest absolute Gasteiger partial charge is 0.271 e. The summed E-state index contributed by atoms with van der Waals surface area (Å²) in [6.45, 7) is 6.19. The van der Waals surface area contributed by atoms with E-state index in [0.717, 1.165) is 35.3 Å². The molecule has 2 aromatic heterocycles. The maximum atomic E-state index is 12.6. The number of thiophene rings is 1. The Kier molecular flexibility index (Phi) is 5.56. The minimum absolute atomic E-state index is 0.306. The van der Waals surface area contributed by atoms with Gasteiger partial charge in [0, 0.05) is 29.2 Å². The number of hydrogen-bond donors (Lipinski definition) is 1. The number of hydrogen-bond acceptors (Lipinski definition) is 6. The van der Waals surface area contributed by atoms with E-state index in [-0.39, 0.29) is 0 Å². The molecule has 0 amide bonds. The third kappa shape index (κ3) is 4.59. The molecule has 3 heterocycles. The fraction of sp³-hybridized carbons (Fsp3) is 0.333. The Bertz CT molecular complexity index is 1090. The van der Waals surface area contributed by atoms with Crippen molar-refractivity contribution in [2.45, 2.75) is 30.9 Å². The van der Waals surface area contributed by atoms with Gasteiger partial charge in [0.2, 0.25) is 0 Å². The Morgan fingerprint density at radius 3 is 2.52 bits per heavy atom. The Hall–Kier alpha value is -2.45. The first-order valence-electron chi connectivity index (χ1n) is 9.69. The predicted octanol–water partition coefficient (Wildman–Crippen LogP) is 4.55. The fourth-order valence-electron chi connectivity index (χ4n) is 3.39. The van der Waals surface area contributed by atoms with Crippen LogP contribution in [-0.2, 0) is 10.0 Å². The largest absolute Gasteiger partial charge is 0.355 e. The number of benzene rings is 1. The zero-order valence-corrected chi connectivity index (χ0v) is 18.1. The summed E-state index contributed by atoms with van der Waals surface area (Å²) in [7, 11) is -3.59. The first kappa shape index (κ1) is 19.8. The average Bonchev–Trinajstić information content (AvgIpc) is 3.16. The molecule has 0 radical (unpaired) electrons. The Morgan fingerprint density at radius 1 is 1.07 bits per heavy atom. The van der Waals surface area contributed by atoms with Crippen molar-refractivity contribution in [2.24, 2.45) is 5.92 Å². The highest BCUT2D eigenvalue weighted by atomic mass is 32.2. The quantitative estimate of drug-likeness (QED) is 0.645. The first-order chi connectivity index (χ1) is 13.9. The molecule has 29 heavy (non-hydrogen) atoms. The number of sulfonamides is 1. The van der Waals surface area contributed by atoms with Crippen LogP contribution in [0.1, 0.15) is 24.6 Å². The van der Waals surface area contributed by atoms with Gasteiger partial charge in [-0.25, -0.2) is 8.42 Å². The van der Waals surface area contributed by atoms with Crippen LogP contribution in [0.2, 0.25) is 0 Å². The number of nitrogens with one attached hydrogen (secondary N) is 1. The molecule has 0 saturated carbocycles. The normalized spacial score (nSPS) is 15.4. The number of aryl methyl sites for hydroxylation is 1. The van der Waals surface area contributed by atoms with Gasteiger partial charge in [-0.05, 0) is 62.1 Å². The Labute approximate surface area is 175 Å². The van der Waals surface area contributed by atoms with Crippen molar-refractivity contribution in [2.75, 3.05) is 22.7 Å². The van der Waals surface area contributed by atoms with E-state index in [1.165, 1.54) is 24.2 Å². The van der Waals surface area contributed by atoms with Crippen molar-refractivity contribution in [1.29, 1.82) is 0 Å². The van der Waals surface area contributed by atoms with Gasteiger partial charge in [-0.3, -0.25) is 4.72 Å². The van der Waals surface area contributed by atoms with Gasteiger partial charge in [-0.15, -0.1) is 21.5 Å². The van der Waals surface area contributed by atoms with Crippen LogP contribution in [0.25, 0.3) is 11.3 Å². The van der Waals surface area contributed by atoms with E-state index in [4.69, 9.17) is 0 Å². The second-order valence-electron chi connectivity index (χ2n) is 7.50. The summed E-state index contributed by atoms with van der Waals surface area (Å²) in [5, 5.41) is 8.77. The molecule has 1 saturated heterocycles. The van der Waals surface area contributed by atoms with Crippen molar-refractivity contribution in [3.8, 4) is 11.3 Å². The molecule has 3 aromatic rings. The van der Waals surface area contributed by atoms with Crippen LogP contribution in [-0.4, -0.2) is 31.7 Å². The number of aromatic nitrogens is 2. The topological polar surface area (TPSA) is 75.2 Å². The van der Waals surface area contributed by atoms with Crippen LogP contribution >= 0.6 is 11.3 Å². The maximum absolute atomic E-state index is 12.6. The number of anilines is 2. The summed E-state index contributed by atoms with van der Waals surface area (Å²) in [4.78, 5) is 3.22. The van der Waals surface area contributed by atoms with Gasteiger partial charge in [-0.2, -0.15) is 0 Å². The van der Waals surface area contributed by atoms with Crippen LogP contribution in [0.4, 0.5) is 11.5 Å². The first-order valence-corrected chi connectivity index (χ1v) is 12.0. The molecule has 0 unspecified atom stereocenters. The molecule has 1 N–H and O–H groups in total. The summed E-state index contributed by atoms with van der Waals surface area (Å²) in [5.41, 5.74) is 2.04. The summed E-state index contributed by atoms with van der Waals surface area (Å²) >= 11 is 1.25. The monoisotopic (exact) mass is 428 g/mol. The van der Waals surface area contributed by atoms with Gasteiger partial charge in [0.25, 0.3) is 10.0 Å². The third-order valence-corrected chi connectivity index (χ3v) is 8.02. The molecule has 6 nitrogen and oxygen atoms in total. The van der Waals surface area contributed by atoms with E-state index in [1.807, 2.05) is 31.2 Å². The molecule has 8 heteroatoms. The molecular formula is C21H24N4O2S2. The second kappa shape index (κ2) is 8.12. The fourth-order valence-corrected chi connectivity index (χ4v) is 5.72. The third-order valence-electron chi connectivity index (χ3n) is 5.15. The van der Waals surface area contributed by atoms with Gasteiger partial charge in [0.15, 0.2) is 5.82 Å². The van der Waals surface area contributed by atoms with Crippen molar-refractivity contribution in [1.82, 2.24) is 10.2 Å². The second-order valence-corrected chi connectivity index (χ2v) is 10.7. The lowest BCUT2D eigenvalue weighted by atomic mass is 9.99. The molecule has 0 atom stereocenters. The standard InChI is InChI=1S/C21H24N4O2S2/c1-15-10-12-25(13-11-15)20-8-7-19(22-23-20)17-4-3-5-18(14-17)24-29(26,27)21-9-6-16(2)28-21/h3-9,14-15,24H,10-13H2,1-2H3. The van der Waals surface area contributed by atoms with E-state index in [0.29, 0.717) is 15.6 Å². The molecule has 152 valence electrons. The molecule has 1 fully saturated rings. The zero-order valence-electron chi connectivity index (χ0n) is 16.5. The van der Waals surface area contributed by atoms with Crippen molar-refractivity contribution in [3.63, 3.8) is 0 Å². The van der Waals surface area contributed by atoms with Crippen LogP contribution in [0.5, 0.6) is 0 Å². The number of rotatable bonds is 5. The molecule has 1 aromatic carbocycles. The minimum atomic E-state index is -3.59. The van der Waals surface area contributed by atoms with Gasteiger partial charge >= 0.3 is 0 Å². The molecule has 1 aliphatic heterocycles. The lowest BCUT2D eigenvalue weighted by Crippen LogP contribution is -2.33. The Balaban J connectivity index is 1.51. The van der Waals surface area contributed by atoms with Gasteiger partial charge < -0.3 is 4.90 Å². The molecular weight excluding hydrogens is 404 g/mol. The van der Waals surface area contributed by atoms with Crippen LogP contribution in [0, 0.1) is 12.8 Å². The summed E-state index contributed by atoms with van der Waals surface area (Å²) in [5.74, 6) is 1.66. The van der Waals surface area contributed by atoms with Crippen LogP contribution in [0.15, 0.2) is 52.7 Å². The van der Waals surface area contributed by atoms with Gasteiger partial charge in [-0.1, -0.05) is 19.1 Å². The molecule has 4 rings (SSSR count). The summed E-state index contributed by atoms with van der Waals surface area (Å²) in [6, 6.07) is 14.6. The lowest BCUT2D eigenvalue weighted by Gasteiger charge is -2.30. The molecule has 0 aliphatic carbocycles. The van der Waals surface area contributed by atoms with Crippen molar-refractivity contribution < 1.29 is 8.42 Å². The van der Waals surface area contributed by atoms with Crippen LogP contribution in [0.3, 0.4) is 0 Å². The van der Waals surface area contributed by atoms with E-state index < -0.39 is 10.0 Å². The molecule has 0 bridgehead atoms. The number of nitrogens with zero attached hydrogens (tertiary/aromatic N) is 3. The van der Waals surface area contributed by atoms with E-state index in [2.05, 4.69) is 26.7 Å². The summed E-state index contributed by atoms with van der Waals surface area (Å²) < 4.78 is 28.1. The minimum Gasteiger partial charge on any atom is -0.355 e. The highest BCUT2D eigenvalue weighted by Crippen LogP contribution is 2.27. The highest BCUT2D eigenvalue weighted by molar-refractivity contribution is 7.94. The number of piperidine rings is 1. The van der Waals surface area contributed by atoms with Crippen molar-refractivity contribution in [3.05, 3.63) is 53.4 Å². The SMILES string of the molecule is Cc1ccc(S(=O)(=O)Nc2cccc(-c3ccc(N4CCC(C)CC4)nn3)c2)s1. The molecule has 0 spiro atoms. The zero-order chi connectivity index (χ0) is 20.4. The predicted molar refractivity (Wildman–Crippen MR) is 118 cm³/mol. The van der Waals surface area contributed by atoms with Crippen molar-refractivity contribution >= 4 is 32.9 Å². The van der Waals surface area contributed by atoms with Gasteiger partial charge in [0.05, 0.1) is 5.69 Å². The highest BCUT2D eigenvalue weighted by Gasteiger charge is 2.18. The molecule has 1 aliphatic rings. The van der Waals surface area contributed by atoms with E-state index >= 15 is 0 Å². The van der Waals surface area contributed by atoms with E-state index in [9.17, 15) is 8.42 Å². The van der Waals surface area contributed by atoms with Gasteiger partial charge in [0.1, 0.15) is 4.21 Å². The average molecular weight is 429 g/mol. The lowest BCUT2D eigenvalue weighted by molar-refractivity contribution is 0.436. The van der Waals surface area contributed by atoms with E-state index in [1.54, 1.807) is 24.3 Å².